The first-order valence-electron chi connectivity index (χ1n) is 0. The molecule has 5 radical (unpaired) electrons. The van der Waals surface area contributed by atoms with Gasteiger partial charge in [0.25, 0.3) is 0 Å². The van der Waals surface area contributed by atoms with E-state index in [9.17, 15) is 0 Å². The van der Waals surface area contributed by atoms with Gasteiger partial charge in [-0.2, -0.15) is 0 Å². The summed E-state index contributed by atoms with van der Waals surface area (Å²) in [6, 6.07) is 0. The molecule has 0 nitrogen and oxygen atoms in total. The summed E-state index contributed by atoms with van der Waals surface area (Å²) in [4.78, 5) is 0. The fraction of sp³-hybridized carbons (Fsp3) is 0. The molecule has 0 amide bonds. The van der Waals surface area contributed by atoms with E-state index in [1.807, 2.05) is 0 Å². The maximum Gasteiger partial charge on any atom is 0 e. The Morgan fingerprint density at radius 1 is 0.800 bits per heavy atom. The fourth-order valence-electron chi connectivity index (χ4n) is 0. The molecular formula is H3Cu2SeSnZn. The minimum absolute atomic E-state index is 0. The van der Waals surface area contributed by atoms with Crippen LogP contribution in [0.2, 0.25) is 0 Å². The van der Waals surface area contributed by atoms with E-state index >= 15 is 0 Å². The van der Waals surface area contributed by atoms with Gasteiger partial charge in [-0.25, -0.2) is 0 Å². The molecule has 0 atom stereocenters. The van der Waals surface area contributed by atoms with Crippen LogP contribution < -0.4 is 0 Å². The molecule has 0 aliphatic heterocycles. The Morgan fingerprint density at radius 3 is 0.800 bits per heavy atom. The van der Waals surface area contributed by atoms with Gasteiger partial charge in [0.05, 0.1) is 0 Å². The molecule has 0 spiro atoms. The van der Waals surface area contributed by atoms with Crippen LogP contribution in [-0.2, 0) is 53.6 Å². The Balaban J connectivity index is 0. The molecule has 0 aromatic heterocycles. The zero-order valence-electron chi connectivity index (χ0n) is 2.46. The Kier molecular flexibility index (Phi) is 246. The Bertz CT molecular complexity index is 9.61. The molecule has 0 heterocycles. The molecule has 37 valence electrons. The normalized spacial score (nSPS) is 0. The van der Waals surface area contributed by atoms with Crippen LogP contribution in [0.15, 0.2) is 0 Å². The summed E-state index contributed by atoms with van der Waals surface area (Å²) in [6.07, 6.45) is 0. The first-order valence-corrected chi connectivity index (χ1v) is 0. The average Bonchev–Trinajstić information content (AvgIpc) is 0. The van der Waals surface area contributed by atoms with E-state index in [1.165, 1.54) is 0 Å². The minimum Gasteiger partial charge on any atom is 0 e. The van der Waals surface area contributed by atoms with Crippen molar-refractivity contribution in [2.75, 3.05) is 0 Å². The molecule has 0 aliphatic rings. The summed E-state index contributed by atoms with van der Waals surface area (Å²) >= 11 is 0. The second kappa shape index (κ2) is 28.1. The maximum atomic E-state index is 0. The Hall–Kier alpha value is 2.98. The van der Waals surface area contributed by atoms with E-state index in [2.05, 4.69) is 0 Å². The van der Waals surface area contributed by atoms with Crippen LogP contribution in [-0.4, -0.2) is 41.0 Å². The van der Waals surface area contributed by atoms with Gasteiger partial charge < -0.3 is 0 Å². The van der Waals surface area contributed by atoms with Crippen LogP contribution >= 0.6 is 0 Å². The second-order valence-electron chi connectivity index (χ2n) is 0. The Labute approximate surface area is 93.1 Å². The molecule has 0 aromatic rings. The van der Waals surface area contributed by atoms with E-state index in [-0.39, 0.29) is 94.6 Å². The van der Waals surface area contributed by atoms with Gasteiger partial charge in [0, 0.05) is 53.6 Å². The van der Waals surface area contributed by atoms with Crippen molar-refractivity contribution in [2.24, 2.45) is 0 Å². The van der Waals surface area contributed by atoms with Crippen LogP contribution in [0, 0.1) is 0 Å². The number of hydrogen-bond donors (Lipinski definition) is 0. The molecule has 0 fully saturated rings. The van der Waals surface area contributed by atoms with Crippen LogP contribution in [0.3, 0.4) is 0 Å². The summed E-state index contributed by atoms with van der Waals surface area (Å²) in [5.74, 6) is 0. The molecule has 0 saturated heterocycles. The van der Waals surface area contributed by atoms with Gasteiger partial charge in [0.1, 0.15) is 0 Å². The first kappa shape index (κ1) is 43.8. The first-order chi connectivity index (χ1) is 0. The predicted molar refractivity (Wildman–Crippen MR) is 15.7 cm³/mol. The molecule has 0 aliphatic carbocycles. The van der Waals surface area contributed by atoms with E-state index in [1.54, 1.807) is 0 Å². The van der Waals surface area contributed by atoms with Gasteiger partial charge in [-0.1, -0.05) is 0 Å². The zero-order valence-corrected chi connectivity index (χ0v) is 13.2. The van der Waals surface area contributed by atoms with E-state index in [0.717, 1.165) is 0 Å². The summed E-state index contributed by atoms with van der Waals surface area (Å²) in [5.41, 5.74) is 0. The molecular weight excluding hydrogens is 390 g/mol. The maximum absolute atomic E-state index is 0. The number of hydrogen-bond acceptors (Lipinski definition) is 0. The van der Waals surface area contributed by atoms with Crippen LogP contribution in [0.25, 0.3) is 0 Å². The van der Waals surface area contributed by atoms with E-state index in [4.69, 9.17) is 0 Å². The molecule has 0 rings (SSSR count). The van der Waals surface area contributed by atoms with Gasteiger partial charge in [-0.05, 0) is 0 Å². The van der Waals surface area contributed by atoms with Gasteiger partial charge >= 0.3 is 41.0 Å². The SMILES string of the molecule is [Cu].[Cu].[SeH].[SnH2].[Zn]. The largest absolute Gasteiger partial charge is 0 e. The smallest absolute Gasteiger partial charge is 0 e. The van der Waals surface area contributed by atoms with E-state index in [0.29, 0.717) is 0 Å². The third-order valence-corrected chi connectivity index (χ3v) is 0. The van der Waals surface area contributed by atoms with Crippen molar-refractivity contribution in [3.8, 4) is 0 Å². The zero-order chi connectivity index (χ0) is 0. The molecule has 0 N–H and O–H groups in total. The van der Waals surface area contributed by atoms with Gasteiger partial charge in [0.15, 0.2) is 0 Å². The van der Waals surface area contributed by atoms with Crippen LogP contribution in [0.5, 0.6) is 0 Å². The second-order valence-corrected chi connectivity index (χ2v) is 0. The average molecular weight is 393 g/mol. The van der Waals surface area contributed by atoms with Crippen molar-refractivity contribution in [2.45, 2.75) is 0 Å². The third kappa shape index (κ3) is 19.5. The van der Waals surface area contributed by atoms with Gasteiger partial charge in [0.2, 0.25) is 0 Å². The van der Waals surface area contributed by atoms with E-state index < -0.39 is 0 Å². The standard InChI is InChI=1S/2Cu.HSe.Sn.Zn.2H/h;;1H;;;;. The summed E-state index contributed by atoms with van der Waals surface area (Å²) in [6.45, 7) is 0. The van der Waals surface area contributed by atoms with Crippen molar-refractivity contribution < 1.29 is 53.6 Å². The molecule has 5 heteroatoms. The quantitative estimate of drug-likeness (QED) is 0.437. The molecule has 0 saturated carbocycles. The van der Waals surface area contributed by atoms with Gasteiger partial charge in [-0.15, -0.1) is 0 Å². The van der Waals surface area contributed by atoms with Crippen molar-refractivity contribution >= 4 is 41.0 Å². The monoisotopic (exact) mass is 393 g/mol. The fourth-order valence-corrected chi connectivity index (χ4v) is 0. The van der Waals surface area contributed by atoms with Crippen LogP contribution in [0.1, 0.15) is 0 Å². The summed E-state index contributed by atoms with van der Waals surface area (Å²) < 4.78 is 0. The Morgan fingerprint density at radius 2 is 0.800 bits per heavy atom. The topological polar surface area (TPSA) is 0 Å². The summed E-state index contributed by atoms with van der Waals surface area (Å²) in [5, 5.41) is 0. The van der Waals surface area contributed by atoms with Crippen molar-refractivity contribution in [3.63, 3.8) is 0 Å². The number of rotatable bonds is 0. The molecule has 0 bridgehead atoms. The molecule has 5 heavy (non-hydrogen) atoms. The molecule has 0 unspecified atom stereocenters. The van der Waals surface area contributed by atoms with Crippen molar-refractivity contribution in [1.29, 1.82) is 0 Å². The third-order valence-electron chi connectivity index (χ3n) is 0. The van der Waals surface area contributed by atoms with Crippen molar-refractivity contribution in [3.05, 3.63) is 0 Å². The molecule has 0 aromatic carbocycles. The predicted octanol–water partition coefficient (Wildman–Crippen LogP) is -1.57. The summed E-state index contributed by atoms with van der Waals surface area (Å²) in [7, 11) is 0. The van der Waals surface area contributed by atoms with Gasteiger partial charge in [-0.3, -0.25) is 0 Å². The van der Waals surface area contributed by atoms with Crippen LogP contribution in [0.4, 0.5) is 0 Å². The minimum atomic E-state index is 0. The van der Waals surface area contributed by atoms with Crippen molar-refractivity contribution in [1.82, 2.24) is 0 Å².